The van der Waals surface area contributed by atoms with Crippen LogP contribution in [0.4, 0.5) is 0 Å². The second-order valence-corrected chi connectivity index (χ2v) is 8.22. The highest BCUT2D eigenvalue weighted by Gasteiger charge is 2.51. The number of carbonyl (C=O) groups is 2. The number of hydrogen-bond acceptors (Lipinski definition) is 3. The molecule has 140 valence electrons. The van der Waals surface area contributed by atoms with Gasteiger partial charge >= 0.3 is 0 Å². The molecule has 1 atom stereocenters. The number of likely N-dealkylation sites (tertiary alicyclic amines) is 1. The van der Waals surface area contributed by atoms with Gasteiger partial charge in [0.05, 0.1) is 5.92 Å². The molecule has 0 radical (unpaired) electrons. The predicted octanol–water partition coefficient (Wildman–Crippen LogP) is 2.39. The Kier molecular flexibility index (Phi) is 4.74. The number of hydrogen-bond donors (Lipinski definition) is 1. The molecule has 5 nitrogen and oxygen atoms in total. The molecule has 26 heavy (non-hydrogen) atoms. The van der Waals surface area contributed by atoms with Gasteiger partial charge in [0.15, 0.2) is 0 Å². The van der Waals surface area contributed by atoms with Crippen LogP contribution in [0.3, 0.4) is 0 Å². The van der Waals surface area contributed by atoms with E-state index in [0.29, 0.717) is 32.2 Å². The van der Waals surface area contributed by atoms with E-state index in [1.54, 1.807) is 0 Å². The zero-order valence-electron chi connectivity index (χ0n) is 15.5. The van der Waals surface area contributed by atoms with Gasteiger partial charge in [-0.25, -0.2) is 0 Å². The normalized spacial score (nSPS) is 24.7. The minimum Gasteiger partial charge on any atom is -0.381 e. The van der Waals surface area contributed by atoms with E-state index in [9.17, 15) is 9.59 Å². The van der Waals surface area contributed by atoms with Gasteiger partial charge in [0.1, 0.15) is 0 Å². The Labute approximate surface area is 155 Å². The van der Waals surface area contributed by atoms with Crippen molar-refractivity contribution < 1.29 is 14.3 Å². The van der Waals surface area contributed by atoms with E-state index < -0.39 is 0 Å². The third-order valence-corrected chi connectivity index (χ3v) is 6.38. The summed E-state index contributed by atoms with van der Waals surface area (Å²) in [5.74, 6) is 0.708. The van der Waals surface area contributed by atoms with E-state index in [0.717, 1.165) is 30.5 Å². The van der Waals surface area contributed by atoms with Crippen LogP contribution in [0.5, 0.6) is 0 Å². The number of amides is 2. The number of carbonyl (C=O) groups excluding carboxylic acids is 2. The number of rotatable bonds is 4. The lowest BCUT2D eigenvalue weighted by atomic mass is 9.71. The van der Waals surface area contributed by atoms with E-state index in [1.165, 1.54) is 12.8 Å². The lowest BCUT2D eigenvalue weighted by Crippen LogP contribution is -2.44. The van der Waals surface area contributed by atoms with Crippen LogP contribution in [0.15, 0.2) is 24.3 Å². The maximum Gasteiger partial charge on any atom is 0.254 e. The van der Waals surface area contributed by atoms with E-state index in [4.69, 9.17) is 4.74 Å². The summed E-state index contributed by atoms with van der Waals surface area (Å²) in [4.78, 5) is 27.9. The summed E-state index contributed by atoms with van der Waals surface area (Å²) in [5, 5.41) is 3.15. The van der Waals surface area contributed by atoms with Crippen LogP contribution in [0.1, 0.15) is 41.6 Å². The average Bonchev–Trinajstić information content (AvgIpc) is 3.42. The molecule has 1 N–H and O–H groups in total. The third-order valence-electron chi connectivity index (χ3n) is 6.38. The molecule has 1 spiro atoms. The molecule has 0 unspecified atom stereocenters. The fraction of sp³-hybridized carbons (Fsp3) is 0.619. The smallest absolute Gasteiger partial charge is 0.254 e. The van der Waals surface area contributed by atoms with Crippen LogP contribution in [-0.4, -0.2) is 49.6 Å². The standard InChI is InChI=1S/C21H28N2O3/c1-15-4-2-3-5-17(15)20(25)23-13-18(19(24)22-12-16-6-7-16)21(14-23)8-10-26-11-9-21/h2-5,16,18H,6-14H2,1H3,(H,22,24)/t18-/m0/s1. The lowest BCUT2D eigenvalue weighted by Gasteiger charge is -2.37. The van der Waals surface area contributed by atoms with Crippen LogP contribution in [0.2, 0.25) is 0 Å². The molecule has 1 aromatic rings. The van der Waals surface area contributed by atoms with E-state index in [2.05, 4.69) is 5.32 Å². The fourth-order valence-corrected chi connectivity index (χ4v) is 4.44. The second-order valence-electron chi connectivity index (χ2n) is 8.22. The molecule has 2 heterocycles. The molecule has 3 fully saturated rings. The molecule has 1 saturated carbocycles. The highest BCUT2D eigenvalue weighted by molar-refractivity contribution is 5.96. The van der Waals surface area contributed by atoms with Crippen LogP contribution in [0, 0.1) is 24.2 Å². The molecule has 2 aliphatic heterocycles. The number of benzene rings is 1. The van der Waals surface area contributed by atoms with Crippen molar-refractivity contribution in [3.05, 3.63) is 35.4 Å². The monoisotopic (exact) mass is 356 g/mol. The maximum atomic E-state index is 13.1. The average molecular weight is 356 g/mol. The van der Waals surface area contributed by atoms with Crippen molar-refractivity contribution in [1.29, 1.82) is 0 Å². The summed E-state index contributed by atoms with van der Waals surface area (Å²) in [7, 11) is 0. The van der Waals surface area contributed by atoms with E-state index in [1.807, 2.05) is 36.1 Å². The Morgan fingerprint density at radius 1 is 1.23 bits per heavy atom. The first kappa shape index (κ1) is 17.5. The van der Waals surface area contributed by atoms with Gasteiger partial charge in [-0.15, -0.1) is 0 Å². The molecule has 1 aromatic carbocycles. The zero-order chi connectivity index (χ0) is 18.1. The lowest BCUT2D eigenvalue weighted by molar-refractivity contribution is -0.129. The Bertz CT molecular complexity index is 692. The fourth-order valence-electron chi connectivity index (χ4n) is 4.44. The van der Waals surface area contributed by atoms with Crippen LogP contribution in [-0.2, 0) is 9.53 Å². The SMILES string of the molecule is Cc1ccccc1C(=O)N1C[C@@H](C(=O)NCC2CC2)C2(CCOCC2)C1. The van der Waals surface area contributed by atoms with Crippen molar-refractivity contribution in [1.82, 2.24) is 10.2 Å². The Morgan fingerprint density at radius 3 is 2.65 bits per heavy atom. The van der Waals surface area contributed by atoms with Gasteiger partial charge in [-0.05, 0) is 50.2 Å². The van der Waals surface area contributed by atoms with Gasteiger partial charge in [-0.3, -0.25) is 9.59 Å². The van der Waals surface area contributed by atoms with Gasteiger partial charge in [0.2, 0.25) is 5.91 Å². The highest BCUT2D eigenvalue weighted by atomic mass is 16.5. The molecule has 0 bridgehead atoms. The van der Waals surface area contributed by atoms with Crippen LogP contribution >= 0.6 is 0 Å². The van der Waals surface area contributed by atoms with Gasteiger partial charge in [-0.1, -0.05) is 18.2 Å². The van der Waals surface area contributed by atoms with Crippen molar-refractivity contribution in [2.45, 2.75) is 32.6 Å². The molecule has 0 aromatic heterocycles. The molecule has 1 aliphatic carbocycles. The molecule has 2 saturated heterocycles. The summed E-state index contributed by atoms with van der Waals surface area (Å²) in [5.41, 5.74) is 1.60. The number of aryl methyl sites for hydroxylation is 1. The van der Waals surface area contributed by atoms with Crippen molar-refractivity contribution in [2.75, 3.05) is 32.8 Å². The first-order valence-corrected chi connectivity index (χ1v) is 9.79. The topological polar surface area (TPSA) is 58.6 Å². The Hall–Kier alpha value is -1.88. The molecular weight excluding hydrogens is 328 g/mol. The second kappa shape index (κ2) is 7.03. The third kappa shape index (κ3) is 3.37. The molecule has 4 rings (SSSR count). The minimum atomic E-state index is -0.135. The van der Waals surface area contributed by atoms with Gasteiger partial charge in [0, 0.05) is 43.8 Å². The highest BCUT2D eigenvalue weighted by Crippen LogP contribution is 2.45. The van der Waals surface area contributed by atoms with Crippen LogP contribution in [0.25, 0.3) is 0 Å². The minimum absolute atomic E-state index is 0.0476. The summed E-state index contributed by atoms with van der Waals surface area (Å²) in [6.45, 7) is 5.29. The molecular formula is C21H28N2O3. The summed E-state index contributed by atoms with van der Waals surface area (Å²) < 4.78 is 5.56. The first-order chi connectivity index (χ1) is 12.6. The van der Waals surface area contributed by atoms with E-state index >= 15 is 0 Å². The number of ether oxygens (including phenoxy) is 1. The summed E-state index contributed by atoms with van der Waals surface area (Å²) in [6.07, 6.45) is 4.15. The predicted molar refractivity (Wildman–Crippen MR) is 98.8 cm³/mol. The van der Waals surface area contributed by atoms with Crippen molar-refractivity contribution in [2.24, 2.45) is 17.3 Å². The van der Waals surface area contributed by atoms with E-state index in [-0.39, 0.29) is 23.1 Å². The van der Waals surface area contributed by atoms with Crippen molar-refractivity contribution in [3.63, 3.8) is 0 Å². The summed E-state index contributed by atoms with van der Waals surface area (Å²) >= 11 is 0. The van der Waals surface area contributed by atoms with Gasteiger partial charge in [-0.2, -0.15) is 0 Å². The molecule has 3 aliphatic rings. The van der Waals surface area contributed by atoms with Crippen molar-refractivity contribution in [3.8, 4) is 0 Å². The number of nitrogens with one attached hydrogen (secondary N) is 1. The first-order valence-electron chi connectivity index (χ1n) is 9.79. The molecule has 2 amide bonds. The zero-order valence-corrected chi connectivity index (χ0v) is 15.5. The quantitative estimate of drug-likeness (QED) is 0.901. The number of nitrogens with zero attached hydrogens (tertiary/aromatic N) is 1. The van der Waals surface area contributed by atoms with Gasteiger partial charge in [0.25, 0.3) is 5.91 Å². The van der Waals surface area contributed by atoms with Crippen LogP contribution < -0.4 is 5.32 Å². The Balaban J connectivity index is 1.53. The summed E-state index contributed by atoms with van der Waals surface area (Å²) in [6, 6.07) is 7.70. The molecule has 5 heteroatoms. The largest absolute Gasteiger partial charge is 0.381 e. The van der Waals surface area contributed by atoms with Crippen molar-refractivity contribution >= 4 is 11.8 Å². The van der Waals surface area contributed by atoms with Gasteiger partial charge < -0.3 is 15.0 Å². The Morgan fingerprint density at radius 2 is 1.96 bits per heavy atom. The maximum absolute atomic E-state index is 13.1.